The van der Waals surface area contributed by atoms with E-state index in [1.807, 2.05) is 0 Å². The summed E-state index contributed by atoms with van der Waals surface area (Å²) in [5.74, 6) is -0.534. The van der Waals surface area contributed by atoms with Crippen molar-refractivity contribution < 1.29 is 27.8 Å². The van der Waals surface area contributed by atoms with Crippen LogP contribution in [0.15, 0.2) is 41.0 Å². The number of piperidine rings is 1. The standard InChI is InChI=1S/C28H36ClF2N7O4/c1-5-19(25(32-2)33-3)26(40)34-21-15-38(35-24(21)20-14-18(29)6-7-22(20)42-27(30)31)16-23(39)37-12-13-41-28(17-37)8-10-36(4)11-9-28/h5-7,14-15,27H,8-13,16-17H2,1-4H3,(H,32,33)(H,34,40)/b19-5+. The molecular formula is C28H36ClF2N7O4. The summed E-state index contributed by atoms with van der Waals surface area (Å²) in [5.41, 5.74) is 0.292. The second-order valence-electron chi connectivity index (χ2n) is 10.2. The van der Waals surface area contributed by atoms with Gasteiger partial charge in [0.1, 0.15) is 23.8 Å². The van der Waals surface area contributed by atoms with Gasteiger partial charge in [0.2, 0.25) is 5.91 Å². The van der Waals surface area contributed by atoms with Crippen LogP contribution in [0.4, 0.5) is 14.5 Å². The number of benzene rings is 1. The molecule has 2 aliphatic rings. The van der Waals surface area contributed by atoms with Crippen molar-refractivity contribution in [3.63, 3.8) is 0 Å². The molecule has 11 nitrogen and oxygen atoms in total. The third-order valence-corrected chi connectivity index (χ3v) is 7.70. The Hall–Kier alpha value is -3.55. The number of aromatic nitrogens is 2. The van der Waals surface area contributed by atoms with Gasteiger partial charge in [-0.25, -0.2) is 0 Å². The van der Waals surface area contributed by atoms with Crippen molar-refractivity contribution in [1.82, 2.24) is 24.9 Å². The summed E-state index contributed by atoms with van der Waals surface area (Å²) in [6.45, 7) is 1.59. The molecular weight excluding hydrogens is 572 g/mol. The van der Waals surface area contributed by atoms with Crippen LogP contribution in [-0.4, -0.2) is 103 Å². The van der Waals surface area contributed by atoms with Crippen LogP contribution >= 0.6 is 11.6 Å². The molecule has 0 bridgehead atoms. The van der Waals surface area contributed by atoms with Gasteiger partial charge < -0.3 is 29.9 Å². The summed E-state index contributed by atoms with van der Waals surface area (Å²) in [6, 6.07) is 4.13. The first-order valence-electron chi connectivity index (χ1n) is 13.6. The summed E-state index contributed by atoms with van der Waals surface area (Å²) in [5, 5.41) is 10.4. The van der Waals surface area contributed by atoms with Gasteiger partial charge >= 0.3 is 6.61 Å². The van der Waals surface area contributed by atoms with E-state index in [0.717, 1.165) is 25.9 Å². The molecule has 0 unspecified atom stereocenters. The van der Waals surface area contributed by atoms with E-state index in [9.17, 15) is 18.4 Å². The van der Waals surface area contributed by atoms with Gasteiger partial charge in [0.05, 0.1) is 23.5 Å². The number of aliphatic imine (C=N–C) groups is 1. The molecule has 3 heterocycles. The fraction of sp³-hybridized carbons (Fsp3) is 0.500. The SMILES string of the molecule is C/C=C(/C(=O)Nc1cn(CC(=O)N2CCOC3(CCN(C)CC3)C2)nc1-c1cc(Cl)ccc1OC(F)F)C(=NC)NC. The Bertz CT molecular complexity index is 1360. The highest BCUT2D eigenvalue weighted by atomic mass is 35.5. The average molecular weight is 608 g/mol. The van der Waals surface area contributed by atoms with Gasteiger partial charge in [-0.1, -0.05) is 17.7 Å². The van der Waals surface area contributed by atoms with Crippen molar-refractivity contribution in [2.45, 2.75) is 38.5 Å². The average Bonchev–Trinajstić information content (AvgIpc) is 3.35. The van der Waals surface area contributed by atoms with E-state index in [-0.39, 0.29) is 51.3 Å². The summed E-state index contributed by atoms with van der Waals surface area (Å²) in [6.07, 6.45) is 4.74. The summed E-state index contributed by atoms with van der Waals surface area (Å²) in [4.78, 5) is 34.8. The number of nitrogens with zero attached hydrogens (tertiary/aromatic N) is 5. The first-order chi connectivity index (χ1) is 20.1. The van der Waals surface area contributed by atoms with Crippen LogP contribution in [0.2, 0.25) is 5.02 Å². The first-order valence-corrected chi connectivity index (χ1v) is 14.0. The van der Waals surface area contributed by atoms with Gasteiger partial charge in [-0.15, -0.1) is 0 Å². The number of nitrogens with one attached hydrogen (secondary N) is 2. The second kappa shape index (κ2) is 13.6. The predicted molar refractivity (Wildman–Crippen MR) is 156 cm³/mol. The number of anilines is 1. The number of hydrogen-bond donors (Lipinski definition) is 2. The first kappa shape index (κ1) is 31.4. The minimum atomic E-state index is -3.10. The normalized spacial score (nSPS) is 18.0. The van der Waals surface area contributed by atoms with Crippen molar-refractivity contribution in [2.75, 3.05) is 59.2 Å². The molecule has 0 saturated carbocycles. The monoisotopic (exact) mass is 607 g/mol. The third-order valence-electron chi connectivity index (χ3n) is 7.47. The van der Waals surface area contributed by atoms with Gasteiger partial charge in [-0.05, 0) is 45.0 Å². The fourth-order valence-corrected chi connectivity index (χ4v) is 5.41. The van der Waals surface area contributed by atoms with E-state index in [0.29, 0.717) is 25.5 Å². The minimum absolute atomic E-state index is 0.109. The van der Waals surface area contributed by atoms with Gasteiger partial charge in [-0.2, -0.15) is 13.9 Å². The molecule has 228 valence electrons. The van der Waals surface area contributed by atoms with Crippen LogP contribution in [-0.2, 0) is 20.9 Å². The number of morpholine rings is 1. The van der Waals surface area contributed by atoms with Gasteiger partial charge in [0, 0.05) is 57.1 Å². The molecule has 1 aromatic carbocycles. The molecule has 1 aromatic heterocycles. The van der Waals surface area contributed by atoms with Crippen LogP contribution in [0.25, 0.3) is 11.3 Å². The minimum Gasteiger partial charge on any atom is -0.434 e. The van der Waals surface area contributed by atoms with Gasteiger partial charge in [0.25, 0.3) is 5.91 Å². The lowest BCUT2D eigenvalue weighted by molar-refractivity contribution is -0.159. The molecule has 1 spiro atoms. The molecule has 0 aliphatic carbocycles. The number of halogens is 3. The molecule has 0 radical (unpaired) electrons. The fourth-order valence-electron chi connectivity index (χ4n) is 5.24. The number of amides is 2. The summed E-state index contributed by atoms with van der Waals surface area (Å²) >= 11 is 6.21. The number of alkyl halides is 2. The summed E-state index contributed by atoms with van der Waals surface area (Å²) in [7, 11) is 5.24. The smallest absolute Gasteiger partial charge is 0.387 e. The number of allylic oxidation sites excluding steroid dienone is 1. The number of likely N-dealkylation sites (tertiary alicyclic amines) is 1. The predicted octanol–water partition coefficient (Wildman–Crippen LogP) is 3.26. The van der Waals surface area contributed by atoms with Crippen LogP contribution in [0, 0.1) is 0 Å². The van der Waals surface area contributed by atoms with Crippen LogP contribution in [0.3, 0.4) is 0 Å². The van der Waals surface area contributed by atoms with Gasteiger partial charge in [0.15, 0.2) is 0 Å². The van der Waals surface area contributed by atoms with E-state index >= 15 is 0 Å². The van der Waals surface area contributed by atoms with Crippen LogP contribution < -0.4 is 15.4 Å². The Morgan fingerprint density at radius 3 is 2.67 bits per heavy atom. The largest absolute Gasteiger partial charge is 0.434 e. The molecule has 0 atom stereocenters. The highest BCUT2D eigenvalue weighted by molar-refractivity contribution is 6.31. The number of carbonyl (C=O) groups excluding carboxylic acids is 2. The lowest BCUT2D eigenvalue weighted by Crippen LogP contribution is -2.58. The van der Waals surface area contributed by atoms with Crippen LogP contribution in [0.5, 0.6) is 5.75 Å². The zero-order valence-electron chi connectivity index (χ0n) is 24.1. The molecule has 2 N–H and O–H groups in total. The van der Waals surface area contributed by atoms with Crippen LogP contribution in [0.1, 0.15) is 19.8 Å². The highest BCUT2D eigenvalue weighted by Gasteiger charge is 2.40. The van der Waals surface area contributed by atoms with Crippen molar-refractivity contribution in [3.05, 3.63) is 41.1 Å². The van der Waals surface area contributed by atoms with Crippen molar-refractivity contribution in [2.24, 2.45) is 4.99 Å². The van der Waals surface area contributed by atoms with Gasteiger partial charge in [-0.3, -0.25) is 19.3 Å². The maximum absolute atomic E-state index is 13.5. The van der Waals surface area contributed by atoms with E-state index in [1.54, 1.807) is 32.0 Å². The van der Waals surface area contributed by atoms with E-state index in [1.165, 1.54) is 29.1 Å². The Morgan fingerprint density at radius 2 is 2.02 bits per heavy atom. The van der Waals surface area contributed by atoms with E-state index < -0.39 is 12.5 Å². The van der Waals surface area contributed by atoms with Crippen molar-refractivity contribution >= 4 is 34.9 Å². The number of rotatable bonds is 8. The Labute approximate surface area is 248 Å². The number of amidine groups is 1. The van der Waals surface area contributed by atoms with E-state index in [2.05, 4.69) is 32.7 Å². The van der Waals surface area contributed by atoms with Crippen molar-refractivity contribution in [3.8, 4) is 17.0 Å². The highest BCUT2D eigenvalue weighted by Crippen LogP contribution is 2.37. The molecule has 2 saturated heterocycles. The molecule has 14 heteroatoms. The zero-order valence-corrected chi connectivity index (χ0v) is 24.9. The Balaban J connectivity index is 1.65. The number of likely N-dealkylation sites (N-methyl/N-ethyl adjacent to an activating group) is 1. The molecule has 4 rings (SSSR count). The molecule has 2 aromatic rings. The number of ether oxygens (including phenoxy) is 2. The lowest BCUT2D eigenvalue weighted by atomic mass is 9.89. The molecule has 2 fully saturated rings. The van der Waals surface area contributed by atoms with E-state index in [4.69, 9.17) is 21.1 Å². The zero-order chi connectivity index (χ0) is 30.4. The Kier molecular flexibility index (Phi) is 10.2. The maximum atomic E-state index is 13.5. The number of carbonyl (C=O) groups is 2. The Morgan fingerprint density at radius 1 is 1.29 bits per heavy atom. The lowest BCUT2D eigenvalue weighted by Gasteiger charge is -2.46. The quantitative estimate of drug-likeness (QED) is 0.269. The second-order valence-corrected chi connectivity index (χ2v) is 10.7. The molecule has 42 heavy (non-hydrogen) atoms. The molecule has 2 amide bonds. The topological polar surface area (TPSA) is 113 Å². The molecule has 2 aliphatic heterocycles. The summed E-state index contributed by atoms with van der Waals surface area (Å²) < 4.78 is 38.8. The maximum Gasteiger partial charge on any atom is 0.387 e. The number of hydrogen-bond acceptors (Lipinski definition) is 7. The third kappa shape index (κ3) is 7.26. The van der Waals surface area contributed by atoms with Crippen molar-refractivity contribution in [1.29, 1.82) is 0 Å².